The Morgan fingerprint density at radius 1 is 1.19 bits per heavy atom. The molecule has 0 atom stereocenters. The van der Waals surface area contributed by atoms with E-state index in [-0.39, 0.29) is 24.7 Å². The number of aliphatic hydroxyl groups is 1. The molecule has 0 spiro atoms. The average molecular weight is 403 g/mol. The van der Waals surface area contributed by atoms with Crippen LogP contribution in [0.5, 0.6) is 11.5 Å². The lowest BCUT2D eigenvalue weighted by Gasteiger charge is -2.21. The maximum Gasteiger partial charge on any atom is 0.258 e. The number of rotatable bonds is 12. The van der Waals surface area contributed by atoms with Crippen LogP contribution in [0.15, 0.2) is 12.1 Å². The van der Waals surface area contributed by atoms with Crippen LogP contribution in [0.3, 0.4) is 0 Å². The van der Waals surface area contributed by atoms with E-state index in [1.54, 1.807) is 6.07 Å². The zero-order valence-electron chi connectivity index (χ0n) is 16.6. The number of aliphatic hydroxyl groups excluding tert-OH is 1. The lowest BCUT2D eigenvalue weighted by molar-refractivity contribution is -0.124. The average Bonchev–Trinajstić information content (AvgIpc) is 2.57. The third-order valence-corrected chi connectivity index (χ3v) is 3.61. The number of amides is 1. The van der Waals surface area contributed by atoms with Crippen LogP contribution in [-0.2, 0) is 16.1 Å². The van der Waals surface area contributed by atoms with E-state index in [1.165, 1.54) is 0 Å². The number of ether oxygens (including phenoxy) is 3. The Hall–Kier alpha value is -1.54. The Labute approximate surface area is 166 Å². The first-order valence-electron chi connectivity index (χ1n) is 9.05. The van der Waals surface area contributed by atoms with Crippen LogP contribution in [0.1, 0.15) is 33.3 Å². The van der Waals surface area contributed by atoms with Gasteiger partial charge in [0.25, 0.3) is 5.91 Å². The molecule has 1 aromatic rings. The lowest BCUT2D eigenvalue weighted by atomic mass is 10.1. The smallest absolute Gasteiger partial charge is 0.258 e. The fraction of sp³-hybridized carbons (Fsp3) is 0.632. The molecule has 154 valence electrons. The van der Waals surface area contributed by atoms with Gasteiger partial charge in [-0.25, -0.2) is 0 Å². The molecule has 0 aliphatic heterocycles. The standard InChI is InChI=1S/C19H31ClN2O5/c1-5-26-16-10-14(12-21-6-8-25-9-7-23)15(20)11-17(16)27-13-18(24)22-19(2,3)4/h10-11,21,23H,5-9,12-13H2,1-4H3,(H,22,24). The number of hydrogen-bond donors (Lipinski definition) is 3. The summed E-state index contributed by atoms with van der Waals surface area (Å²) in [5.74, 6) is 0.759. The molecule has 8 heteroatoms. The molecule has 1 aromatic carbocycles. The van der Waals surface area contributed by atoms with Gasteiger partial charge >= 0.3 is 0 Å². The van der Waals surface area contributed by atoms with Crippen molar-refractivity contribution >= 4 is 17.5 Å². The summed E-state index contributed by atoms with van der Waals surface area (Å²) in [6, 6.07) is 3.47. The van der Waals surface area contributed by atoms with Crippen LogP contribution in [0.25, 0.3) is 0 Å². The van der Waals surface area contributed by atoms with Gasteiger partial charge in [0.15, 0.2) is 18.1 Å². The second-order valence-corrected chi connectivity index (χ2v) is 7.33. The summed E-state index contributed by atoms with van der Waals surface area (Å²) in [7, 11) is 0. The highest BCUT2D eigenvalue weighted by Gasteiger charge is 2.16. The monoisotopic (exact) mass is 402 g/mol. The Kier molecular flexibility index (Phi) is 10.5. The van der Waals surface area contributed by atoms with Gasteiger partial charge in [-0.2, -0.15) is 0 Å². The SMILES string of the molecule is CCOc1cc(CNCCOCCO)c(Cl)cc1OCC(=O)NC(C)(C)C. The van der Waals surface area contributed by atoms with Crippen LogP contribution < -0.4 is 20.1 Å². The minimum absolute atomic E-state index is 0.0127. The Balaban J connectivity index is 2.68. The van der Waals surface area contributed by atoms with E-state index in [2.05, 4.69) is 10.6 Å². The molecule has 0 bridgehead atoms. The molecule has 0 fully saturated rings. The number of halogens is 1. The number of carbonyl (C=O) groups is 1. The Morgan fingerprint density at radius 2 is 1.89 bits per heavy atom. The van der Waals surface area contributed by atoms with Crippen molar-refractivity contribution in [3.8, 4) is 11.5 Å². The predicted octanol–water partition coefficient (Wildman–Crippen LogP) is 2.13. The molecule has 0 aliphatic rings. The zero-order chi connectivity index (χ0) is 20.3. The minimum atomic E-state index is -0.322. The highest BCUT2D eigenvalue weighted by Crippen LogP contribution is 2.33. The van der Waals surface area contributed by atoms with Gasteiger partial charge in [-0.1, -0.05) is 11.6 Å². The van der Waals surface area contributed by atoms with Crippen molar-refractivity contribution < 1.29 is 24.1 Å². The number of benzene rings is 1. The van der Waals surface area contributed by atoms with Gasteiger partial charge in [-0.3, -0.25) is 4.79 Å². The summed E-state index contributed by atoms with van der Waals surface area (Å²) >= 11 is 6.35. The molecular formula is C19H31ClN2O5. The van der Waals surface area contributed by atoms with Crippen LogP contribution in [-0.4, -0.2) is 56.1 Å². The van der Waals surface area contributed by atoms with E-state index in [4.69, 9.17) is 30.9 Å². The highest BCUT2D eigenvalue weighted by molar-refractivity contribution is 6.31. The fourth-order valence-electron chi connectivity index (χ4n) is 2.23. The number of nitrogens with one attached hydrogen (secondary N) is 2. The molecule has 3 N–H and O–H groups in total. The normalized spacial score (nSPS) is 11.3. The summed E-state index contributed by atoms with van der Waals surface area (Å²) in [6.07, 6.45) is 0. The zero-order valence-corrected chi connectivity index (χ0v) is 17.3. The van der Waals surface area contributed by atoms with Gasteiger partial charge in [-0.15, -0.1) is 0 Å². The van der Waals surface area contributed by atoms with E-state index in [1.807, 2.05) is 33.8 Å². The van der Waals surface area contributed by atoms with Crippen molar-refractivity contribution in [2.24, 2.45) is 0 Å². The molecule has 0 radical (unpaired) electrons. The molecule has 0 aliphatic carbocycles. The van der Waals surface area contributed by atoms with E-state index >= 15 is 0 Å². The molecular weight excluding hydrogens is 372 g/mol. The van der Waals surface area contributed by atoms with Crippen LogP contribution in [0.2, 0.25) is 5.02 Å². The third-order valence-electron chi connectivity index (χ3n) is 3.26. The first kappa shape index (κ1) is 23.5. The summed E-state index contributed by atoms with van der Waals surface area (Å²) in [5, 5.41) is 15.2. The first-order valence-corrected chi connectivity index (χ1v) is 9.43. The maximum absolute atomic E-state index is 12.0. The molecule has 0 saturated heterocycles. The number of carbonyl (C=O) groups excluding carboxylic acids is 1. The predicted molar refractivity (Wildman–Crippen MR) is 106 cm³/mol. The fourth-order valence-corrected chi connectivity index (χ4v) is 2.45. The number of hydrogen-bond acceptors (Lipinski definition) is 6. The maximum atomic E-state index is 12.0. The topological polar surface area (TPSA) is 89.1 Å². The van der Waals surface area contributed by atoms with E-state index < -0.39 is 0 Å². The van der Waals surface area contributed by atoms with E-state index in [0.29, 0.717) is 49.4 Å². The highest BCUT2D eigenvalue weighted by atomic mass is 35.5. The van der Waals surface area contributed by atoms with Gasteiger partial charge in [0, 0.05) is 29.7 Å². The van der Waals surface area contributed by atoms with Gasteiger partial charge in [-0.05, 0) is 39.3 Å². The molecule has 7 nitrogen and oxygen atoms in total. The van der Waals surface area contributed by atoms with E-state index in [0.717, 1.165) is 5.56 Å². The second kappa shape index (κ2) is 12.0. The molecule has 0 saturated carbocycles. The summed E-state index contributed by atoms with van der Waals surface area (Å²) in [6.45, 7) is 9.95. The quantitative estimate of drug-likeness (QED) is 0.464. The Bertz CT molecular complexity index is 590. The van der Waals surface area contributed by atoms with Crippen molar-refractivity contribution in [3.05, 3.63) is 22.7 Å². The Morgan fingerprint density at radius 3 is 2.52 bits per heavy atom. The largest absolute Gasteiger partial charge is 0.490 e. The summed E-state index contributed by atoms with van der Waals surface area (Å²) in [5.41, 5.74) is 0.533. The lowest BCUT2D eigenvalue weighted by Crippen LogP contribution is -2.43. The van der Waals surface area contributed by atoms with Crippen molar-refractivity contribution in [1.29, 1.82) is 0 Å². The van der Waals surface area contributed by atoms with Gasteiger partial charge in [0.2, 0.25) is 0 Å². The molecule has 0 heterocycles. The van der Waals surface area contributed by atoms with Crippen LogP contribution >= 0.6 is 11.6 Å². The molecule has 0 unspecified atom stereocenters. The summed E-state index contributed by atoms with van der Waals surface area (Å²) < 4.78 is 16.4. The van der Waals surface area contributed by atoms with Crippen LogP contribution in [0, 0.1) is 0 Å². The molecule has 27 heavy (non-hydrogen) atoms. The third kappa shape index (κ3) is 9.81. The van der Waals surface area contributed by atoms with Crippen molar-refractivity contribution in [3.63, 3.8) is 0 Å². The van der Waals surface area contributed by atoms with Crippen LogP contribution in [0.4, 0.5) is 0 Å². The summed E-state index contributed by atoms with van der Waals surface area (Å²) in [4.78, 5) is 12.0. The van der Waals surface area contributed by atoms with Gasteiger partial charge in [0.05, 0.1) is 26.4 Å². The van der Waals surface area contributed by atoms with Crippen molar-refractivity contribution in [1.82, 2.24) is 10.6 Å². The van der Waals surface area contributed by atoms with Gasteiger partial charge in [0.1, 0.15) is 0 Å². The molecule has 0 aromatic heterocycles. The molecule has 1 rings (SSSR count). The minimum Gasteiger partial charge on any atom is -0.490 e. The second-order valence-electron chi connectivity index (χ2n) is 6.92. The van der Waals surface area contributed by atoms with Crippen molar-refractivity contribution in [2.75, 3.05) is 39.6 Å². The van der Waals surface area contributed by atoms with E-state index in [9.17, 15) is 4.79 Å². The van der Waals surface area contributed by atoms with Crippen molar-refractivity contribution in [2.45, 2.75) is 39.8 Å². The first-order chi connectivity index (χ1) is 12.8. The molecule has 1 amide bonds. The van der Waals surface area contributed by atoms with Gasteiger partial charge < -0.3 is 30.0 Å².